The van der Waals surface area contributed by atoms with Crippen LogP contribution in [0, 0.1) is 5.92 Å². The monoisotopic (exact) mass is 389 g/mol. The third-order valence-corrected chi connectivity index (χ3v) is 4.94. The number of hydrogen-bond donors (Lipinski definition) is 1. The number of nitrogens with zero attached hydrogens (tertiary/aromatic N) is 2. The first kappa shape index (κ1) is 17.2. The quantitative estimate of drug-likeness (QED) is 0.804. The van der Waals surface area contributed by atoms with E-state index in [0.29, 0.717) is 13.1 Å². The molecule has 1 aliphatic rings. The second-order valence-corrected chi connectivity index (χ2v) is 7.62. The standard InChI is InChI=1S/C19H24BrN3O/c1-14(20)13-23-17-10-6-5-9-16(17)22-18(23)11-12-21-19(24)15-7-3-2-4-8-15/h5-6,9-10,15H,1-4,7-8,11-13H2,(H,21,24). The summed E-state index contributed by atoms with van der Waals surface area (Å²) in [6.07, 6.45) is 6.43. The minimum absolute atomic E-state index is 0.208. The maximum absolute atomic E-state index is 12.3. The molecule has 4 nitrogen and oxygen atoms in total. The molecule has 1 amide bonds. The van der Waals surface area contributed by atoms with Gasteiger partial charge in [0.15, 0.2) is 0 Å². The predicted octanol–water partition coefficient (Wildman–Crippen LogP) is 4.18. The third kappa shape index (κ3) is 4.07. The molecule has 128 valence electrons. The minimum Gasteiger partial charge on any atom is -0.355 e. The molecule has 0 atom stereocenters. The van der Waals surface area contributed by atoms with Gasteiger partial charge < -0.3 is 9.88 Å². The molecule has 0 unspecified atom stereocenters. The van der Waals surface area contributed by atoms with E-state index in [1.165, 1.54) is 19.3 Å². The molecule has 2 aromatic rings. The Hall–Kier alpha value is -1.62. The maximum Gasteiger partial charge on any atom is 0.223 e. The number of nitrogens with one attached hydrogen (secondary N) is 1. The van der Waals surface area contributed by atoms with Crippen molar-refractivity contribution in [2.24, 2.45) is 5.92 Å². The van der Waals surface area contributed by atoms with Crippen LogP contribution in [0.2, 0.25) is 0 Å². The van der Waals surface area contributed by atoms with Gasteiger partial charge in [0.25, 0.3) is 0 Å². The van der Waals surface area contributed by atoms with Crippen molar-refractivity contribution in [3.05, 3.63) is 41.2 Å². The van der Waals surface area contributed by atoms with E-state index in [4.69, 9.17) is 4.98 Å². The molecule has 1 fully saturated rings. The summed E-state index contributed by atoms with van der Waals surface area (Å²) < 4.78 is 3.08. The molecular formula is C19H24BrN3O. The van der Waals surface area contributed by atoms with Crippen molar-refractivity contribution in [3.63, 3.8) is 0 Å². The molecule has 1 N–H and O–H groups in total. The first-order valence-electron chi connectivity index (χ1n) is 8.70. The number of imidazole rings is 1. The summed E-state index contributed by atoms with van der Waals surface area (Å²) in [6, 6.07) is 8.11. The fourth-order valence-electron chi connectivity index (χ4n) is 3.47. The highest BCUT2D eigenvalue weighted by Gasteiger charge is 2.20. The summed E-state index contributed by atoms with van der Waals surface area (Å²) >= 11 is 3.45. The van der Waals surface area contributed by atoms with Crippen LogP contribution in [0.25, 0.3) is 11.0 Å². The smallest absolute Gasteiger partial charge is 0.223 e. The van der Waals surface area contributed by atoms with E-state index in [1.54, 1.807) is 0 Å². The Bertz CT molecular complexity index is 731. The molecule has 0 aliphatic heterocycles. The molecule has 1 aliphatic carbocycles. The van der Waals surface area contributed by atoms with E-state index in [1.807, 2.05) is 18.2 Å². The molecular weight excluding hydrogens is 366 g/mol. The van der Waals surface area contributed by atoms with Crippen LogP contribution >= 0.6 is 15.9 Å². The molecule has 0 bridgehead atoms. The van der Waals surface area contributed by atoms with E-state index in [9.17, 15) is 4.79 Å². The van der Waals surface area contributed by atoms with E-state index in [2.05, 4.69) is 38.5 Å². The molecule has 1 saturated carbocycles. The summed E-state index contributed by atoms with van der Waals surface area (Å²) in [5.74, 6) is 1.41. The zero-order valence-corrected chi connectivity index (χ0v) is 15.5. The van der Waals surface area contributed by atoms with E-state index in [0.717, 1.165) is 40.6 Å². The van der Waals surface area contributed by atoms with Crippen LogP contribution in [-0.4, -0.2) is 22.0 Å². The van der Waals surface area contributed by atoms with Crippen molar-refractivity contribution in [3.8, 4) is 0 Å². The van der Waals surface area contributed by atoms with E-state index >= 15 is 0 Å². The lowest BCUT2D eigenvalue weighted by Gasteiger charge is -2.20. The molecule has 1 aromatic heterocycles. The van der Waals surface area contributed by atoms with Gasteiger partial charge in [0.05, 0.1) is 17.6 Å². The topological polar surface area (TPSA) is 46.9 Å². The normalized spacial score (nSPS) is 15.5. The van der Waals surface area contributed by atoms with Gasteiger partial charge in [-0.1, -0.05) is 53.9 Å². The second kappa shape index (κ2) is 7.97. The van der Waals surface area contributed by atoms with Gasteiger partial charge in [-0.15, -0.1) is 0 Å². The van der Waals surface area contributed by atoms with Crippen molar-refractivity contribution >= 4 is 32.9 Å². The molecule has 1 heterocycles. The van der Waals surface area contributed by atoms with Crippen molar-refractivity contribution < 1.29 is 4.79 Å². The van der Waals surface area contributed by atoms with Crippen LogP contribution < -0.4 is 5.32 Å². The highest BCUT2D eigenvalue weighted by Crippen LogP contribution is 2.23. The van der Waals surface area contributed by atoms with Gasteiger partial charge in [-0.05, 0) is 25.0 Å². The Balaban J connectivity index is 1.66. The Labute approximate surface area is 151 Å². The number of halogens is 1. The number of carbonyl (C=O) groups is 1. The van der Waals surface area contributed by atoms with Gasteiger partial charge in [-0.3, -0.25) is 4.79 Å². The summed E-state index contributed by atoms with van der Waals surface area (Å²) in [4.78, 5) is 17.0. The van der Waals surface area contributed by atoms with Gasteiger partial charge in [-0.2, -0.15) is 0 Å². The third-order valence-electron chi connectivity index (χ3n) is 4.69. The first-order chi connectivity index (χ1) is 11.6. The Morgan fingerprint density at radius 3 is 2.79 bits per heavy atom. The lowest BCUT2D eigenvalue weighted by atomic mass is 9.89. The number of aromatic nitrogens is 2. The molecule has 0 radical (unpaired) electrons. The van der Waals surface area contributed by atoms with Gasteiger partial charge >= 0.3 is 0 Å². The van der Waals surface area contributed by atoms with Crippen LogP contribution in [0.5, 0.6) is 0 Å². The SMILES string of the molecule is C=C(Br)Cn1c(CCNC(=O)C2CCCCC2)nc2ccccc21. The van der Waals surface area contributed by atoms with Crippen molar-refractivity contribution in [1.82, 2.24) is 14.9 Å². The zero-order chi connectivity index (χ0) is 16.9. The van der Waals surface area contributed by atoms with Gasteiger partial charge in [0.2, 0.25) is 5.91 Å². The number of fused-ring (bicyclic) bond motifs is 1. The largest absolute Gasteiger partial charge is 0.355 e. The van der Waals surface area contributed by atoms with Crippen LogP contribution in [0.3, 0.4) is 0 Å². The van der Waals surface area contributed by atoms with Crippen LogP contribution in [0.1, 0.15) is 37.9 Å². The first-order valence-corrected chi connectivity index (χ1v) is 9.49. The average molecular weight is 390 g/mol. The van der Waals surface area contributed by atoms with Gasteiger partial charge in [0.1, 0.15) is 5.82 Å². The Kier molecular flexibility index (Phi) is 5.72. The van der Waals surface area contributed by atoms with Gasteiger partial charge in [0, 0.05) is 23.4 Å². The summed E-state index contributed by atoms with van der Waals surface area (Å²) in [6.45, 7) is 5.27. The van der Waals surface area contributed by atoms with Crippen molar-refractivity contribution in [2.45, 2.75) is 45.1 Å². The molecule has 1 aromatic carbocycles. The summed E-state index contributed by atoms with van der Waals surface area (Å²) in [7, 11) is 0. The fraction of sp³-hybridized carbons (Fsp3) is 0.474. The summed E-state index contributed by atoms with van der Waals surface area (Å²) in [5.41, 5.74) is 2.09. The van der Waals surface area contributed by atoms with Gasteiger partial charge in [-0.25, -0.2) is 4.98 Å². The Morgan fingerprint density at radius 1 is 1.29 bits per heavy atom. The molecule has 3 rings (SSSR count). The predicted molar refractivity (Wildman–Crippen MR) is 101 cm³/mol. The second-order valence-electron chi connectivity index (χ2n) is 6.50. The number of carbonyl (C=O) groups excluding carboxylic acids is 1. The summed E-state index contributed by atoms with van der Waals surface area (Å²) in [5, 5.41) is 3.10. The fourth-order valence-corrected chi connectivity index (χ4v) is 3.72. The zero-order valence-electron chi connectivity index (χ0n) is 13.9. The average Bonchev–Trinajstić information content (AvgIpc) is 2.93. The number of amides is 1. The molecule has 0 saturated heterocycles. The Morgan fingerprint density at radius 2 is 2.04 bits per heavy atom. The number of para-hydroxylation sites is 2. The number of rotatable bonds is 6. The lowest BCUT2D eigenvalue weighted by molar-refractivity contribution is -0.125. The number of hydrogen-bond acceptors (Lipinski definition) is 2. The number of benzene rings is 1. The van der Waals surface area contributed by atoms with Crippen molar-refractivity contribution in [1.29, 1.82) is 0 Å². The molecule has 0 spiro atoms. The van der Waals surface area contributed by atoms with Crippen LogP contribution in [-0.2, 0) is 17.8 Å². The lowest BCUT2D eigenvalue weighted by Crippen LogP contribution is -2.33. The van der Waals surface area contributed by atoms with Crippen LogP contribution in [0.4, 0.5) is 0 Å². The van der Waals surface area contributed by atoms with E-state index < -0.39 is 0 Å². The highest BCUT2D eigenvalue weighted by molar-refractivity contribution is 9.11. The highest BCUT2D eigenvalue weighted by atomic mass is 79.9. The van der Waals surface area contributed by atoms with E-state index in [-0.39, 0.29) is 11.8 Å². The molecule has 5 heteroatoms. The number of allylic oxidation sites excluding steroid dienone is 1. The minimum atomic E-state index is 0.208. The van der Waals surface area contributed by atoms with Crippen LogP contribution in [0.15, 0.2) is 35.3 Å². The van der Waals surface area contributed by atoms with Crippen molar-refractivity contribution in [2.75, 3.05) is 6.54 Å². The molecule has 24 heavy (non-hydrogen) atoms. The maximum atomic E-state index is 12.3.